The van der Waals surface area contributed by atoms with Crippen molar-refractivity contribution in [3.05, 3.63) is 34.9 Å². The van der Waals surface area contributed by atoms with Gasteiger partial charge in [0.2, 0.25) is 0 Å². The molecule has 26 heavy (non-hydrogen) atoms. The van der Waals surface area contributed by atoms with Crippen LogP contribution in [0.1, 0.15) is 50.3 Å². The van der Waals surface area contributed by atoms with Crippen molar-refractivity contribution >= 4 is 6.03 Å². The van der Waals surface area contributed by atoms with Gasteiger partial charge in [0.25, 0.3) is 0 Å². The van der Waals surface area contributed by atoms with E-state index >= 15 is 0 Å². The summed E-state index contributed by atoms with van der Waals surface area (Å²) in [4.78, 5) is 14.6. The van der Waals surface area contributed by atoms with Crippen LogP contribution in [-0.2, 0) is 6.42 Å². The maximum absolute atomic E-state index is 12.6. The Morgan fingerprint density at radius 2 is 2.00 bits per heavy atom. The van der Waals surface area contributed by atoms with Crippen molar-refractivity contribution in [1.29, 1.82) is 0 Å². The summed E-state index contributed by atoms with van der Waals surface area (Å²) in [5, 5.41) is 6.80. The number of hydrogen-bond acceptors (Lipinski definition) is 2. The molecule has 4 heteroatoms. The minimum Gasteiger partial charge on any atom is -0.335 e. The lowest BCUT2D eigenvalue weighted by atomic mass is 9.68. The summed E-state index contributed by atoms with van der Waals surface area (Å²) in [6, 6.07) is 7.42. The third kappa shape index (κ3) is 4.22. The second kappa shape index (κ2) is 7.59. The number of rotatable bonds is 4. The van der Waals surface area contributed by atoms with E-state index in [1.807, 2.05) is 4.90 Å². The molecule has 1 aromatic rings. The van der Waals surface area contributed by atoms with E-state index in [9.17, 15) is 4.79 Å². The predicted molar refractivity (Wildman–Crippen MR) is 107 cm³/mol. The topological polar surface area (TPSA) is 44.4 Å². The number of urea groups is 1. The van der Waals surface area contributed by atoms with Crippen molar-refractivity contribution in [2.75, 3.05) is 19.6 Å². The number of likely N-dealkylation sites (tertiary alicyclic amines) is 1. The van der Waals surface area contributed by atoms with Crippen LogP contribution in [0.3, 0.4) is 0 Å². The largest absolute Gasteiger partial charge is 0.335 e. The van der Waals surface area contributed by atoms with E-state index in [1.165, 1.54) is 16.7 Å². The Hall–Kier alpha value is -1.55. The number of nitrogens with one attached hydrogen (secondary N) is 2. The first-order valence-electron chi connectivity index (χ1n) is 10.1. The van der Waals surface area contributed by atoms with Crippen LogP contribution in [0.4, 0.5) is 4.79 Å². The van der Waals surface area contributed by atoms with Gasteiger partial charge in [-0.15, -0.1) is 0 Å². The van der Waals surface area contributed by atoms with E-state index in [-0.39, 0.29) is 12.1 Å². The molecule has 0 radical (unpaired) electrons. The fourth-order valence-corrected chi connectivity index (χ4v) is 4.63. The van der Waals surface area contributed by atoms with Crippen LogP contribution in [0.25, 0.3) is 0 Å². The highest BCUT2D eigenvalue weighted by Crippen LogP contribution is 2.37. The third-order valence-electron chi connectivity index (χ3n) is 6.31. The quantitative estimate of drug-likeness (QED) is 0.864. The number of hydrogen-bond donors (Lipinski definition) is 2. The lowest BCUT2D eigenvalue weighted by Gasteiger charge is -2.51. The highest BCUT2D eigenvalue weighted by atomic mass is 16.2. The molecule has 144 valence electrons. The molecule has 0 spiro atoms. The molecule has 2 fully saturated rings. The van der Waals surface area contributed by atoms with Crippen molar-refractivity contribution in [2.45, 2.75) is 66.0 Å². The fraction of sp³-hybridized carbons (Fsp3) is 0.682. The zero-order valence-corrected chi connectivity index (χ0v) is 17.1. The number of carbonyl (C=O) groups is 1. The van der Waals surface area contributed by atoms with Crippen LogP contribution in [-0.4, -0.2) is 42.6 Å². The van der Waals surface area contributed by atoms with E-state index in [1.54, 1.807) is 0 Å². The van der Waals surface area contributed by atoms with E-state index in [0.717, 1.165) is 38.9 Å². The van der Waals surface area contributed by atoms with Crippen molar-refractivity contribution in [1.82, 2.24) is 15.5 Å². The highest BCUT2D eigenvalue weighted by molar-refractivity contribution is 5.74. The summed E-state index contributed by atoms with van der Waals surface area (Å²) in [6.45, 7) is 13.9. The van der Waals surface area contributed by atoms with Gasteiger partial charge < -0.3 is 15.5 Å². The Morgan fingerprint density at radius 1 is 1.31 bits per heavy atom. The van der Waals surface area contributed by atoms with Gasteiger partial charge in [0, 0.05) is 31.7 Å². The maximum atomic E-state index is 12.6. The van der Waals surface area contributed by atoms with Gasteiger partial charge >= 0.3 is 6.03 Å². The smallest absolute Gasteiger partial charge is 0.317 e. The number of aryl methyl sites for hydroxylation is 2. The van der Waals surface area contributed by atoms with Crippen LogP contribution in [0.15, 0.2) is 18.2 Å². The summed E-state index contributed by atoms with van der Waals surface area (Å²) < 4.78 is 0. The summed E-state index contributed by atoms with van der Waals surface area (Å²) in [5.74, 6) is 0.704. The summed E-state index contributed by atoms with van der Waals surface area (Å²) >= 11 is 0. The van der Waals surface area contributed by atoms with Crippen LogP contribution < -0.4 is 10.6 Å². The monoisotopic (exact) mass is 357 g/mol. The average Bonchev–Trinajstić information content (AvgIpc) is 2.57. The second-order valence-corrected chi connectivity index (χ2v) is 9.16. The SMILES string of the molecule is Cc1ccc(CC(C)NC(=O)N2CCC(C3NCC3(C)C)CC2)c(C)c1. The van der Waals surface area contributed by atoms with Crippen LogP contribution in [0.2, 0.25) is 0 Å². The molecule has 1 aromatic carbocycles. The molecule has 0 aromatic heterocycles. The normalized spacial score (nSPS) is 24.0. The molecule has 2 unspecified atom stereocenters. The molecule has 2 aliphatic rings. The van der Waals surface area contributed by atoms with Gasteiger partial charge in [0.15, 0.2) is 0 Å². The second-order valence-electron chi connectivity index (χ2n) is 9.16. The number of piperidine rings is 1. The molecule has 2 amide bonds. The Labute approximate surface area is 158 Å². The van der Waals surface area contributed by atoms with E-state index in [4.69, 9.17) is 0 Å². The van der Waals surface area contributed by atoms with Crippen LogP contribution >= 0.6 is 0 Å². The van der Waals surface area contributed by atoms with Gasteiger partial charge in [-0.25, -0.2) is 4.79 Å². The Morgan fingerprint density at radius 3 is 2.54 bits per heavy atom. The van der Waals surface area contributed by atoms with Gasteiger partial charge in [-0.05, 0) is 62.5 Å². The van der Waals surface area contributed by atoms with Gasteiger partial charge in [-0.2, -0.15) is 0 Å². The molecule has 2 N–H and O–H groups in total. The lowest BCUT2D eigenvalue weighted by molar-refractivity contribution is 0.0457. The standard InChI is InChI=1S/C22H35N3O/c1-15-6-7-19(16(2)12-15)13-17(3)24-21(26)25-10-8-18(9-11-25)20-22(4,5)14-23-20/h6-7,12,17-18,20,23H,8-11,13-14H2,1-5H3,(H,24,26). The third-order valence-corrected chi connectivity index (χ3v) is 6.31. The number of benzene rings is 1. The average molecular weight is 358 g/mol. The fourth-order valence-electron chi connectivity index (χ4n) is 4.63. The molecule has 2 aliphatic heterocycles. The van der Waals surface area contributed by atoms with Gasteiger partial charge in [0.1, 0.15) is 0 Å². The van der Waals surface area contributed by atoms with E-state index in [2.05, 4.69) is 63.5 Å². The Balaban J connectivity index is 1.46. The molecule has 0 aliphatic carbocycles. The van der Waals surface area contributed by atoms with E-state index < -0.39 is 0 Å². The summed E-state index contributed by atoms with van der Waals surface area (Å²) in [7, 11) is 0. The van der Waals surface area contributed by atoms with E-state index in [0.29, 0.717) is 17.4 Å². The predicted octanol–water partition coefficient (Wildman–Crippen LogP) is 3.65. The molecular weight excluding hydrogens is 322 g/mol. The molecule has 2 atom stereocenters. The molecule has 4 nitrogen and oxygen atoms in total. The lowest BCUT2D eigenvalue weighted by Crippen LogP contribution is -2.64. The number of amides is 2. The Kier molecular flexibility index (Phi) is 5.61. The van der Waals surface area contributed by atoms with Crippen LogP contribution in [0, 0.1) is 25.2 Å². The molecular formula is C22H35N3O. The minimum atomic E-state index is 0.0987. The number of carbonyl (C=O) groups excluding carboxylic acids is 1. The Bertz CT molecular complexity index is 647. The van der Waals surface area contributed by atoms with Gasteiger partial charge in [-0.1, -0.05) is 37.6 Å². The zero-order chi connectivity index (χ0) is 18.9. The minimum absolute atomic E-state index is 0.0987. The summed E-state index contributed by atoms with van der Waals surface area (Å²) in [5.41, 5.74) is 4.33. The first-order chi connectivity index (χ1) is 12.3. The van der Waals surface area contributed by atoms with Crippen LogP contribution in [0.5, 0.6) is 0 Å². The van der Waals surface area contributed by atoms with Gasteiger partial charge in [0.05, 0.1) is 0 Å². The molecule has 3 rings (SSSR count). The number of nitrogens with zero attached hydrogens (tertiary/aromatic N) is 1. The van der Waals surface area contributed by atoms with Crippen molar-refractivity contribution in [2.24, 2.45) is 11.3 Å². The van der Waals surface area contributed by atoms with Gasteiger partial charge in [-0.3, -0.25) is 0 Å². The zero-order valence-electron chi connectivity index (χ0n) is 17.1. The summed E-state index contributed by atoms with van der Waals surface area (Å²) in [6.07, 6.45) is 3.11. The van der Waals surface area contributed by atoms with Crippen molar-refractivity contribution in [3.8, 4) is 0 Å². The molecule has 0 saturated carbocycles. The molecule has 0 bridgehead atoms. The maximum Gasteiger partial charge on any atom is 0.317 e. The highest BCUT2D eigenvalue weighted by Gasteiger charge is 2.43. The first kappa shape index (κ1) is 19.2. The van der Waals surface area contributed by atoms with Crippen molar-refractivity contribution in [3.63, 3.8) is 0 Å². The van der Waals surface area contributed by atoms with Crippen molar-refractivity contribution < 1.29 is 4.79 Å². The first-order valence-corrected chi connectivity index (χ1v) is 10.1. The molecule has 2 heterocycles. The molecule has 2 saturated heterocycles.